The minimum absolute atomic E-state index is 0.570. The van der Waals surface area contributed by atoms with E-state index >= 15 is 0 Å². The summed E-state index contributed by atoms with van der Waals surface area (Å²) >= 11 is 1.88. The van der Waals surface area contributed by atoms with Gasteiger partial charge in [0.15, 0.2) is 0 Å². The Hall–Kier alpha value is -1.94. The molecule has 0 aliphatic heterocycles. The number of fused-ring (bicyclic) bond motifs is 3. The Morgan fingerprint density at radius 1 is 1.00 bits per heavy atom. The van der Waals surface area contributed by atoms with Crippen LogP contribution < -0.4 is 5.32 Å². The van der Waals surface area contributed by atoms with Gasteiger partial charge in [0.1, 0.15) is 17.0 Å². The van der Waals surface area contributed by atoms with Gasteiger partial charge in [-0.25, -0.2) is 9.97 Å². The van der Waals surface area contributed by atoms with Crippen molar-refractivity contribution in [3.63, 3.8) is 0 Å². The number of thiophene rings is 1. The first-order valence-electron chi connectivity index (χ1n) is 10.9. The van der Waals surface area contributed by atoms with E-state index in [2.05, 4.69) is 45.6 Å². The van der Waals surface area contributed by atoms with E-state index in [1.165, 1.54) is 85.6 Å². The van der Waals surface area contributed by atoms with Crippen molar-refractivity contribution in [2.75, 3.05) is 5.32 Å². The molecule has 1 saturated carbocycles. The molecule has 0 saturated heterocycles. The average Bonchev–Trinajstić information content (AvgIpc) is 3.32. The van der Waals surface area contributed by atoms with E-state index in [9.17, 15) is 0 Å². The minimum atomic E-state index is 0.570. The van der Waals surface area contributed by atoms with Crippen LogP contribution >= 0.6 is 11.3 Å². The third-order valence-corrected chi connectivity index (χ3v) is 7.81. The second-order valence-corrected chi connectivity index (χ2v) is 9.58. The molecule has 2 aliphatic carbocycles. The van der Waals surface area contributed by atoms with Gasteiger partial charge in [-0.2, -0.15) is 0 Å². The van der Waals surface area contributed by atoms with Crippen LogP contribution in [0.15, 0.2) is 36.7 Å². The van der Waals surface area contributed by atoms with Crippen LogP contribution in [-0.2, 0) is 19.3 Å². The van der Waals surface area contributed by atoms with Gasteiger partial charge in [-0.3, -0.25) is 0 Å². The van der Waals surface area contributed by atoms with Crippen molar-refractivity contribution in [2.45, 2.75) is 70.3 Å². The monoisotopic (exact) mass is 391 g/mol. The number of rotatable bonds is 6. The molecular weight excluding hydrogens is 362 g/mol. The maximum Gasteiger partial charge on any atom is 0.138 e. The lowest BCUT2D eigenvalue weighted by molar-refractivity contribution is 0.315. The Balaban J connectivity index is 1.15. The number of anilines is 1. The molecule has 2 aliphatic rings. The fraction of sp³-hybridized carbons (Fsp3) is 0.500. The summed E-state index contributed by atoms with van der Waals surface area (Å²) in [5.74, 6) is 1.99. The van der Waals surface area contributed by atoms with E-state index in [0.717, 1.165) is 11.7 Å². The minimum Gasteiger partial charge on any atom is -0.367 e. The summed E-state index contributed by atoms with van der Waals surface area (Å²) in [6.07, 6.45) is 14.6. The van der Waals surface area contributed by atoms with Gasteiger partial charge in [-0.05, 0) is 74.8 Å². The van der Waals surface area contributed by atoms with Crippen LogP contribution in [0.3, 0.4) is 0 Å². The number of benzene rings is 1. The number of nitrogens with zero attached hydrogens (tertiary/aromatic N) is 2. The second kappa shape index (κ2) is 8.20. The first kappa shape index (κ1) is 18.1. The number of aromatic nitrogens is 2. The zero-order valence-corrected chi connectivity index (χ0v) is 17.3. The van der Waals surface area contributed by atoms with Crippen molar-refractivity contribution in [1.82, 2.24) is 9.97 Å². The van der Waals surface area contributed by atoms with Crippen molar-refractivity contribution in [3.8, 4) is 0 Å². The lowest BCUT2D eigenvalue weighted by Gasteiger charge is -2.29. The van der Waals surface area contributed by atoms with Crippen LogP contribution in [0.5, 0.6) is 0 Å². The summed E-state index contributed by atoms with van der Waals surface area (Å²) in [7, 11) is 0. The summed E-state index contributed by atoms with van der Waals surface area (Å²) in [5.41, 5.74) is 3.01. The molecule has 0 amide bonds. The van der Waals surface area contributed by atoms with Crippen LogP contribution in [0.4, 0.5) is 5.82 Å². The standard InChI is InChI=1S/C24H29N3S/c1-2-6-17(7-3-1)8-4-9-18-12-14-19(15-13-18)27-23-22-20-10-5-11-21(20)28-24(22)26-16-25-23/h1-3,6-7,16,18-19H,4-5,8-15H2,(H,25,26,27). The maximum absolute atomic E-state index is 4.64. The molecule has 4 heteroatoms. The molecule has 3 aromatic rings. The Labute approximate surface area is 171 Å². The third kappa shape index (κ3) is 3.80. The predicted molar refractivity (Wildman–Crippen MR) is 118 cm³/mol. The normalized spacial score (nSPS) is 21.7. The van der Waals surface area contributed by atoms with Crippen LogP contribution in [0.2, 0.25) is 0 Å². The zero-order valence-electron chi connectivity index (χ0n) is 16.5. The van der Waals surface area contributed by atoms with Gasteiger partial charge in [0.05, 0.1) is 5.39 Å². The number of aryl methyl sites for hydroxylation is 3. The Morgan fingerprint density at radius 2 is 1.86 bits per heavy atom. The van der Waals surface area contributed by atoms with E-state index in [4.69, 9.17) is 0 Å². The van der Waals surface area contributed by atoms with Crippen LogP contribution in [0.25, 0.3) is 10.2 Å². The summed E-state index contributed by atoms with van der Waals surface area (Å²) in [5, 5.41) is 5.12. The van der Waals surface area contributed by atoms with Gasteiger partial charge in [-0.1, -0.05) is 36.8 Å². The largest absolute Gasteiger partial charge is 0.367 e. The van der Waals surface area contributed by atoms with E-state index in [1.807, 2.05) is 11.3 Å². The fourth-order valence-electron chi connectivity index (χ4n) is 5.07. The molecule has 3 nitrogen and oxygen atoms in total. The highest BCUT2D eigenvalue weighted by molar-refractivity contribution is 7.19. The van der Waals surface area contributed by atoms with Gasteiger partial charge in [0.2, 0.25) is 0 Å². The number of nitrogens with one attached hydrogen (secondary N) is 1. The van der Waals surface area contributed by atoms with E-state index in [1.54, 1.807) is 11.2 Å². The summed E-state index contributed by atoms with van der Waals surface area (Å²) < 4.78 is 0. The molecule has 146 valence electrons. The zero-order chi connectivity index (χ0) is 18.8. The van der Waals surface area contributed by atoms with Gasteiger partial charge in [-0.15, -0.1) is 11.3 Å². The van der Waals surface area contributed by atoms with Crippen molar-refractivity contribution < 1.29 is 0 Å². The van der Waals surface area contributed by atoms with Crippen molar-refractivity contribution >= 4 is 27.4 Å². The molecule has 0 bridgehead atoms. The molecule has 1 aromatic carbocycles. The van der Waals surface area contributed by atoms with E-state index in [-0.39, 0.29) is 0 Å². The molecule has 0 spiro atoms. The average molecular weight is 392 g/mol. The molecule has 28 heavy (non-hydrogen) atoms. The Kier molecular flexibility index (Phi) is 5.30. The Morgan fingerprint density at radius 3 is 2.71 bits per heavy atom. The van der Waals surface area contributed by atoms with Crippen LogP contribution in [-0.4, -0.2) is 16.0 Å². The van der Waals surface area contributed by atoms with Gasteiger partial charge in [0.25, 0.3) is 0 Å². The lowest BCUT2D eigenvalue weighted by Crippen LogP contribution is -2.26. The molecule has 5 rings (SSSR count). The quantitative estimate of drug-likeness (QED) is 0.546. The molecule has 0 unspecified atom stereocenters. The highest BCUT2D eigenvalue weighted by atomic mass is 32.1. The smallest absolute Gasteiger partial charge is 0.138 e. The van der Waals surface area contributed by atoms with Crippen molar-refractivity contribution in [2.24, 2.45) is 5.92 Å². The Bertz CT molecular complexity index is 926. The number of hydrogen-bond acceptors (Lipinski definition) is 4. The van der Waals surface area contributed by atoms with E-state index < -0.39 is 0 Å². The van der Waals surface area contributed by atoms with Crippen LogP contribution in [0.1, 0.15) is 60.9 Å². The summed E-state index contributed by atoms with van der Waals surface area (Å²) in [6.45, 7) is 0. The van der Waals surface area contributed by atoms with Gasteiger partial charge in [0, 0.05) is 10.9 Å². The third-order valence-electron chi connectivity index (χ3n) is 6.61. The molecule has 2 aromatic heterocycles. The molecule has 0 atom stereocenters. The van der Waals surface area contributed by atoms with Crippen molar-refractivity contribution in [1.29, 1.82) is 0 Å². The maximum atomic E-state index is 4.64. The molecular formula is C24H29N3S. The highest BCUT2D eigenvalue weighted by Crippen LogP contribution is 2.40. The van der Waals surface area contributed by atoms with Crippen molar-refractivity contribution in [3.05, 3.63) is 52.7 Å². The van der Waals surface area contributed by atoms with E-state index in [0.29, 0.717) is 6.04 Å². The summed E-state index contributed by atoms with van der Waals surface area (Å²) in [6, 6.07) is 11.5. The first-order chi connectivity index (χ1) is 13.9. The number of hydrogen-bond donors (Lipinski definition) is 1. The van der Waals surface area contributed by atoms with Crippen LogP contribution in [0, 0.1) is 5.92 Å². The predicted octanol–water partition coefficient (Wildman–Crippen LogP) is 6.17. The summed E-state index contributed by atoms with van der Waals surface area (Å²) in [4.78, 5) is 11.9. The first-order valence-corrected chi connectivity index (χ1v) is 11.7. The molecule has 2 heterocycles. The lowest BCUT2D eigenvalue weighted by atomic mass is 9.83. The molecule has 0 radical (unpaired) electrons. The fourth-order valence-corrected chi connectivity index (χ4v) is 6.30. The second-order valence-electron chi connectivity index (χ2n) is 8.50. The SMILES string of the molecule is c1ccc(CCCC2CCC(Nc3ncnc4sc5c(c34)CCC5)CC2)cc1. The van der Waals surface area contributed by atoms with Gasteiger partial charge >= 0.3 is 0 Å². The highest BCUT2D eigenvalue weighted by Gasteiger charge is 2.24. The molecule has 1 N–H and O–H groups in total. The van der Waals surface area contributed by atoms with Gasteiger partial charge < -0.3 is 5.32 Å². The molecule has 1 fully saturated rings. The topological polar surface area (TPSA) is 37.8 Å².